The lowest BCUT2D eigenvalue weighted by atomic mass is 9.91. The van der Waals surface area contributed by atoms with Gasteiger partial charge in [0.2, 0.25) is 0 Å². The predicted molar refractivity (Wildman–Crippen MR) is 72.9 cm³/mol. The topological polar surface area (TPSA) is 23.8 Å². The average Bonchev–Trinajstić information content (AvgIpc) is 2.34. The van der Waals surface area contributed by atoms with Gasteiger partial charge in [-0.2, -0.15) is 5.26 Å². The van der Waals surface area contributed by atoms with Gasteiger partial charge in [0.05, 0.1) is 11.6 Å². The lowest BCUT2D eigenvalue weighted by molar-refractivity contribution is 1.08. The van der Waals surface area contributed by atoms with Gasteiger partial charge in [-0.1, -0.05) is 24.3 Å². The summed E-state index contributed by atoms with van der Waals surface area (Å²) >= 11 is 0. The van der Waals surface area contributed by atoms with Gasteiger partial charge < -0.3 is 0 Å². The van der Waals surface area contributed by atoms with E-state index in [1.807, 2.05) is 30.4 Å². The largest absolute Gasteiger partial charge is 0.192 e. The van der Waals surface area contributed by atoms with Crippen LogP contribution in [0.25, 0.3) is 0 Å². The Kier molecular flexibility index (Phi) is 4.97. The van der Waals surface area contributed by atoms with Crippen LogP contribution in [0.2, 0.25) is 0 Å². The molecule has 0 aliphatic heterocycles. The molecule has 17 heavy (non-hydrogen) atoms. The van der Waals surface area contributed by atoms with Crippen molar-refractivity contribution in [2.45, 2.75) is 19.3 Å². The second-order valence-corrected chi connectivity index (χ2v) is 3.82. The van der Waals surface area contributed by atoms with Crippen LogP contribution in [0.4, 0.5) is 0 Å². The Balaban J connectivity index is 3.40. The van der Waals surface area contributed by atoms with Crippen molar-refractivity contribution in [2.24, 2.45) is 0 Å². The van der Waals surface area contributed by atoms with E-state index in [1.165, 1.54) is 11.1 Å². The van der Waals surface area contributed by atoms with Gasteiger partial charge in [0.25, 0.3) is 0 Å². The molecule has 0 heterocycles. The minimum absolute atomic E-state index is 0.719. The normalized spacial score (nSPS) is 9.35. The molecule has 1 heteroatoms. The smallest absolute Gasteiger partial charge is 0.0994 e. The molecule has 1 rings (SSSR count). The van der Waals surface area contributed by atoms with E-state index < -0.39 is 0 Å². The first kappa shape index (κ1) is 13.0. The molecule has 0 radical (unpaired) electrons. The lowest BCUT2D eigenvalue weighted by Gasteiger charge is -2.13. The van der Waals surface area contributed by atoms with E-state index in [-0.39, 0.29) is 0 Å². The molecule has 0 saturated carbocycles. The summed E-state index contributed by atoms with van der Waals surface area (Å²) in [6, 6.07) is 6.13. The Labute approximate surface area is 103 Å². The van der Waals surface area contributed by atoms with Gasteiger partial charge in [0.15, 0.2) is 0 Å². The minimum atomic E-state index is 0.719. The third kappa shape index (κ3) is 2.95. The Morgan fingerprint density at radius 1 is 0.941 bits per heavy atom. The fourth-order valence-electron chi connectivity index (χ4n) is 1.97. The van der Waals surface area contributed by atoms with Gasteiger partial charge in [-0.15, -0.1) is 19.7 Å². The zero-order chi connectivity index (χ0) is 12.7. The monoisotopic (exact) mass is 223 g/mol. The molecule has 86 valence electrons. The number of hydrogen-bond acceptors (Lipinski definition) is 1. The molecule has 0 N–H and O–H groups in total. The summed E-state index contributed by atoms with van der Waals surface area (Å²) in [6.07, 6.45) is 7.90. The van der Waals surface area contributed by atoms with Crippen molar-refractivity contribution in [3.8, 4) is 6.07 Å². The zero-order valence-electron chi connectivity index (χ0n) is 10.1. The molecule has 1 aromatic rings. The summed E-state index contributed by atoms with van der Waals surface area (Å²) in [6.45, 7) is 11.3. The molecule has 0 unspecified atom stereocenters. The highest BCUT2D eigenvalue weighted by atomic mass is 14.3. The first-order chi connectivity index (χ1) is 8.28. The summed E-state index contributed by atoms with van der Waals surface area (Å²) in [4.78, 5) is 0. The molecule has 0 aromatic heterocycles. The molecule has 1 aromatic carbocycles. The molecular formula is C16H17N. The third-order valence-electron chi connectivity index (χ3n) is 2.71. The summed E-state index contributed by atoms with van der Waals surface area (Å²) in [7, 11) is 0. The zero-order valence-corrected chi connectivity index (χ0v) is 10.1. The maximum absolute atomic E-state index is 9.13. The van der Waals surface area contributed by atoms with Crippen LogP contribution in [0.15, 0.2) is 50.1 Å². The number of nitriles is 1. The van der Waals surface area contributed by atoms with Crippen molar-refractivity contribution >= 4 is 0 Å². The van der Waals surface area contributed by atoms with Gasteiger partial charge in [-0.05, 0) is 42.0 Å². The molecular weight excluding hydrogens is 206 g/mol. The van der Waals surface area contributed by atoms with Gasteiger partial charge in [0, 0.05) is 0 Å². The Bertz CT molecular complexity index is 475. The third-order valence-corrected chi connectivity index (χ3v) is 2.71. The standard InChI is InChI=1S/C16H17N/c1-4-7-13-10-11-14(12-17)16(9-6-3)15(13)8-5-2/h4-6,10-11H,1-3,7-9H2. The number of rotatable bonds is 6. The molecule has 0 bridgehead atoms. The van der Waals surface area contributed by atoms with Crippen molar-refractivity contribution in [1.29, 1.82) is 5.26 Å². The molecule has 0 atom stereocenters. The number of nitrogens with zero attached hydrogens (tertiary/aromatic N) is 1. The highest BCUT2D eigenvalue weighted by Gasteiger charge is 2.10. The van der Waals surface area contributed by atoms with Crippen LogP contribution in [0, 0.1) is 11.3 Å². The summed E-state index contributed by atoms with van der Waals surface area (Å²) in [5, 5.41) is 9.13. The lowest BCUT2D eigenvalue weighted by Crippen LogP contribution is -2.01. The summed E-state index contributed by atoms with van der Waals surface area (Å²) in [5.41, 5.74) is 4.21. The number of benzene rings is 1. The second kappa shape index (κ2) is 6.50. The van der Waals surface area contributed by atoms with Crippen LogP contribution in [-0.4, -0.2) is 0 Å². The highest BCUT2D eigenvalue weighted by molar-refractivity contribution is 5.49. The van der Waals surface area contributed by atoms with Crippen molar-refractivity contribution in [1.82, 2.24) is 0 Å². The van der Waals surface area contributed by atoms with Crippen molar-refractivity contribution < 1.29 is 0 Å². The van der Waals surface area contributed by atoms with Crippen molar-refractivity contribution in [3.63, 3.8) is 0 Å². The van der Waals surface area contributed by atoms with E-state index in [4.69, 9.17) is 5.26 Å². The van der Waals surface area contributed by atoms with E-state index in [2.05, 4.69) is 25.8 Å². The molecule has 0 spiro atoms. The van der Waals surface area contributed by atoms with Crippen LogP contribution < -0.4 is 0 Å². The molecule has 0 aliphatic rings. The van der Waals surface area contributed by atoms with E-state index in [1.54, 1.807) is 0 Å². The van der Waals surface area contributed by atoms with Crippen LogP contribution >= 0.6 is 0 Å². The van der Waals surface area contributed by atoms with E-state index in [0.29, 0.717) is 0 Å². The van der Waals surface area contributed by atoms with Gasteiger partial charge in [-0.3, -0.25) is 0 Å². The van der Waals surface area contributed by atoms with E-state index in [0.717, 1.165) is 30.4 Å². The SMILES string of the molecule is C=CCc1ccc(C#N)c(CC=C)c1CC=C. The first-order valence-electron chi connectivity index (χ1n) is 5.64. The Morgan fingerprint density at radius 3 is 2.06 bits per heavy atom. The molecule has 0 aliphatic carbocycles. The van der Waals surface area contributed by atoms with Crippen molar-refractivity contribution in [3.05, 3.63) is 72.4 Å². The first-order valence-corrected chi connectivity index (χ1v) is 5.64. The Hall–Kier alpha value is -2.07. The van der Waals surface area contributed by atoms with Crippen LogP contribution in [0.5, 0.6) is 0 Å². The summed E-state index contributed by atoms with van der Waals surface area (Å²) < 4.78 is 0. The Morgan fingerprint density at radius 2 is 1.53 bits per heavy atom. The van der Waals surface area contributed by atoms with Gasteiger partial charge >= 0.3 is 0 Å². The molecule has 1 nitrogen and oxygen atoms in total. The van der Waals surface area contributed by atoms with Gasteiger partial charge in [-0.25, -0.2) is 0 Å². The second-order valence-electron chi connectivity index (χ2n) is 3.82. The number of allylic oxidation sites excluding steroid dienone is 3. The van der Waals surface area contributed by atoms with Crippen LogP contribution in [-0.2, 0) is 19.3 Å². The minimum Gasteiger partial charge on any atom is -0.192 e. The fraction of sp³-hybridized carbons (Fsp3) is 0.188. The number of hydrogen-bond donors (Lipinski definition) is 0. The van der Waals surface area contributed by atoms with E-state index in [9.17, 15) is 0 Å². The molecule has 0 saturated heterocycles. The molecule has 0 amide bonds. The predicted octanol–water partition coefficient (Wildman–Crippen LogP) is 3.74. The van der Waals surface area contributed by atoms with Crippen LogP contribution in [0.1, 0.15) is 22.3 Å². The molecule has 0 fully saturated rings. The van der Waals surface area contributed by atoms with E-state index >= 15 is 0 Å². The summed E-state index contributed by atoms with van der Waals surface area (Å²) in [5.74, 6) is 0. The fourth-order valence-corrected chi connectivity index (χ4v) is 1.97. The van der Waals surface area contributed by atoms with Crippen molar-refractivity contribution in [2.75, 3.05) is 0 Å². The maximum Gasteiger partial charge on any atom is 0.0994 e. The quantitative estimate of drug-likeness (QED) is 0.674. The highest BCUT2D eigenvalue weighted by Crippen LogP contribution is 2.22. The van der Waals surface area contributed by atoms with Crippen LogP contribution in [0.3, 0.4) is 0 Å². The van der Waals surface area contributed by atoms with Gasteiger partial charge in [0.1, 0.15) is 0 Å². The average molecular weight is 223 g/mol. The maximum atomic E-state index is 9.13.